The van der Waals surface area contributed by atoms with Crippen molar-refractivity contribution in [3.63, 3.8) is 0 Å². The predicted molar refractivity (Wildman–Crippen MR) is 66.7 cm³/mol. The molecule has 2 atom stereocenters. The Morgan fingerprint density at radius 2 is 2.17 bits per heavy atom. The first-order valence-electron chi connectivity index (χ1n) is 6.42. The van der Waals surface area contributed by atoms with Crippen LogP contribution < -0.4 is 5.32 Å². The molecule has 2 aliphatic heterocycles. The second kappa shape index (κ2) is 5.54. The second-order valence-corrected chi connectivity index (χ2v) is 7.18. The van der Waals surface area contributed by atoms with Crippen LogP contribution in [0, 0.1) is 5.92 Å². The number of nitrogens with one attached hydrogen (secondary N) is 1. The van der Waals surface area contributed by atoms with Gasteiger partial charge in [0.2, 0.25) is 10.0 Å². The van der Waals surface area contributed by atoms with Crippen molar-refractivity contribution in [1.29, 1.82) is 0 Å². The maximum Gasteiger partial charge on any atom is 0.303 e. The van der Waals surface area contributed by atoms with E-state index < -0.39 is 16.0 Å². The summed E-state index contributed by atoms with van der Waals surface area (Å²) in [5.74, 6) is -0.575. The lowest BCUT2D eigenvalue weighted by Crippen LogP contribution is -2.41. The molecule has 0 amide bonds. The molecule has 0 aromatic carbocycles. The Kier molecular flexibility index (Phi) is 4.24. The number of aliphatic carboxylic acids is 1. The van der Waals surface area contributed by atoms with Crippen molar-refractivity contribution in [3.8, 4) is 0 Å². The molecule has 2 heterocycles. The van der Waals surface area contributed by atoms with E-state index in [1.54, 1.807) is 0 Å². The zero-order chi connectivity index (χ0) is 13.2. The van der Waals surface area contributed by atoms with Crippen LogP contribution in [0.2, 0.25) is 0 Å². The molecule has 0 radical (unpaired) electrons. The summed E-state index contributed by atoms with van der Waals surface area (Å²) in [6.45, 7) is 2.10. The molecule has 2 fully saturated rings. The molecule has 0 saturated carbocycles. The van der Waals surface area contributed by atoms with Gasteiger partial charge in [-0.2, -0.15) is 0 Å². The first kappa shape index (κ1) is 13.8. The van der Waals surface area contributed by atoms with E-state index >= 15 is 0 Å². The summed E-state index contributed by atoms with van der Waals surface area (Å²) in [6, 6.07) is 0.285. The average molecular weight is 276 g/mol. The maximum atomic E-state index is 12.1. The van der Waals surface area contributed by atoms with Crippen LogP contribution in [0.15, 0.2) is 0 Å². The topological polar surface area (TPSA) is 86.7 Å². The van der Waals surface area contributed by atoms with Crippen LogP contribution in [0.3, 0.4) is 0 Å². The summed E-state index contributed by atoms with van der Waals surface area (Å²) >= 11 is 0. The first-order valence-corrected chi connectivity index (χ1v) is 8.03. The van der Waals surface area contributed by atoms with E-state index in [4.69, 9.17) is 5.11 Å². The molecule has 2 aliphatic rings. The maximum absolute atomic E-state index is 12.1. The fourth-order valence-electron chi connectivity index (χ4n) is 2.77. The van der Waals surface area contributed by atoms with E-state index in [0.29, 0.717) is 19.0 Å². The monoisotopic (exact) mass is 276 g/mol. The summed E-state index contributed by atoms with van der Waals surface area (Å²) in [4.78, 5) is 10.4. The quantitative estimate of drug-likeness (QED) is 0.730. The van der Waals surface area contributed by atoms with E-state index in [1.807, 2.05) is 0 Å². The van der Waals surface area contributed by atoms with Crippen molar-refractivity contribution < 1.29 is 18.3 Å². The first-order chi connectivity index (χ1) is 8.49. The number of nitrogens with zero attached hydrogens (tertiary/aromatic N) is 1. The SMILES string of the molecule is O=C(O)CCCS(=O)(=O)N1C[C@@H]2CCCN[C@@H]2C1. The minimum Gasteiger partial charge on any atom is -0.481 e. The highest BCUT2D eigenvalue weighted by Crippen LogP contribution is 2.27. The van der Waals surface area contributed by atoms with E-state index in [0.717, 1.165) is 19.4 Å². The van der Waals surface area contributed by atoms with Crippen molar-refractivity contribution in [3.05, 3.63) is 0 Å². The minimum atomic E-state index is -3.28. The Hall–Kier alpha value is -0.660. The molecule has 0 bridgehead atoms. The van der Waals surface area contributed by atoms with Crippen LogP contribution in [0.1, 0.15) is 25.7 Å². The Labute approximate surface area is 107 Å². The van der Waals surface area contributed by atoms with Crippen LogP contribution in [-0.4, -0.2) is 55.2 Å². The largest absolute Gasteiger partial charge is 0.481 e. The van der Waals surface area contributed by atoms with Gasteiger partial charge >= 0.3 is 5.97 Å². The summed E-state index contributed by atoms with van der Waals surface area (Å²) < 4.78 is 25.7. The number of carbonyl (C=O) groups is 1. The average Bonchev–Trinajstić information content (AvgIpc) is 2.72. The van der Waals surface area contributed by atoms with E-state index in [9.17, 15) is 13.2 Å². The fraction of sp³-hybridized carbons (Fsp3) is 0.909. The van der Waals surface area contributed by atoms with Gasteiger partial charge in [-0.25, -0.2) is 12.7 Å². The number of carboxylic acids is 1. The molecular formula is C11H20N2O4S. The molecule has 7 heteroatoms. The van der Waals surface area contributed by atoms with Crippen LogP contribution >= 0.6 is 0 Å². The van der Waals surface area contributed by atoms with Crippen LogP contribution in [-0.2, 0) is 14.8 Å². The molecule has 0 unspecified atom stereocenters. The summed E-state index contributed by atoms with van der Waals surface area (Å²) in [6.07, 6.45) is 2.29. The fourth-order valence-corrected chi connectivity index (χ4v) is 4.34. The molecular weight excluding hydrogens is 256 g/mol. The third-order valence-electron chi connectivity index (χ3n) is 3.75. The summed E-state index contributed by atoms with van der Waals surface area (Å²) in [5, 5.41) is 11.9. The molecule has 2 N–H and O–H groups in total. The lowest BCUT2D eigenvalue weighted by Gasteiger charge is -2.24. The number of carboxylic acid groups (broad SMARTS) is 1. The van der Waals surface area contributed by atoms with Gasteiger partial charge in [-0.1, -0.05) is 0 Å². The zero-order valence-corrected chi connectivity index (χ0v) is 11.2. The highest BCUT2D eigenvalue weighted by molar-refractivity contribution is 7.89. The Morgan fingerprint density at radius 3 is 2.83 bits per heavy atom. The van der Waals surface area contributed by atoms with Gasteiger partial charge in [0.15, 0.2) is 0 Å². The number of rotatable bonds is 5. The molecule has 6 nitrogen and oxygen atoms in total. The number of hydrogen-bond acceptors (Lipinski definition) is 4. The van der Waals surface area contributed by atoms with E-state index in [1.165, 1.54) is 4.31 Å². The molecule has 0 aromatic rings. The second-order valence-electron chi connectivity index (χ2n) is 5.09. The van der Waals surface area contributed by atoms with Crippen molar-refractivity contribution >= 4 is 16.0 Å². The van der Waals surface area contributed by atoms with Crippen molar-refractivity contribution in [2.75, 3.05) is 25.4 Å². The van der Waals surface area contributed by atoms with Gasteiger partial charge in [-0.15, -0.1) is 0 Å². The Bertz CT molecular complexity index is 395. The molecule has 104 valence electrons. The summed E-state index contributed by atoms with van der Waals surface area (Å²) in [5.41, 5.74) is 0. The van der Waals surface area contributed by atoms with Gasteiger partial charge in [0, 0.05) is 25.6 Å². The Morgan fingerprint density at radius 1 is 1.39 bits per heavy atom. The van der Waals surface area contributed by atoms with Gasteiger partial charge in [0.05, 0.1) is 5.75 Å². The van der Waals surface area contributed by atoms with Gasteiger partial charge in [-0.05, 0) is 31.7 Å². The molecule has 0 aromatic heterocycles. The van der Waals surface area contributed by atoms with Crippen LogP contribution in [0.25, 0.3) is 0 Å². The van der Waals surface area contributed by atoms with Gasteiger partial charge in [0.25, 0.3) is 0 Å². The minimum absolute atomic E-state index is 0.0568. The van der Waals surface area contributed by atoms with Gasteiger partial charge in [-0.3, -0.25) is 4.79 Å². The van der Waals surface area contributed by atoms with Crippen LogP contribution in [0.5, 0.6) is 0 Å². The number of piperidine rings is 1. The predicted octanol–water partition coefficient (Wildman–Crippen LogP) is -0.135. The smallest absolute Gasteiger partial charge is 0.303 e. The zero-order valence-electron chi connectivity index (χ0n) is 10.3. The standard InChI is InChI=1S/C11H20N2O4S/c14-11(15)4-2-6-18(16,17)13-7-9-3-1-5-12-10(9)8-13/h9-10,12H,1-8H2,(H,14,15)/t9-,10+/m0/s1. The normalized spacial score (nSPS) is 29.1. The lowest BCUT2D eigenvalue weighted by atomic mass is 9.94. The molecule has 18 heavy (non-hydrogen) atoms. The third kappa shape index (κ3) is 3.21. The van der Waals surface area contributed by atoms with Crippen molar-refractivity contribution in [2.45, 2.75) is 31.7 Å². The van der Waals surface area contributed by atoms with Crippen molar-refractivity contribution in [1.82, 2.24) is 9.62 Å². The van der Waals surface area contributed by atoms with Gasteiger partial charge < -0.3 is 10.4 Å². The van der Waals surface area contributed by atoms with Crippen LogP contribution in [0.4, 0.5) is 0 Å². The Balaban J connectivity index is 1.88. The number of sulfonamides is 1. The van der Waals surface area contributed by atoms with E-state index in [-0.39, 0.29) is 24.6 Å². The molecule has 0 aliphatic carbocycles. The third-order valence-corrected chi connectivity index (χ3v) is 5.64. The molecule has 2 saturated heterocycles. The van der Waals surface area contributed by atoms with E-state index in [2.05, 4.69) is 5.32 Å². The van der Waals surface area contributed by atoms with Crippen molar-refractivity contribution in [2.24, 2.45) is 5.92 Å². The number of fused-ring (bicyclic) bond motifs is 1. The molecule has 0 spiro atoms. The highest BCUT2D eigenvalue weighted by atomic mass is 32.2. The summed E-state index contributed by atoms with van der Waals surface area (Å²) in [7, 11) is -3.28. The molecule has 2 rings (SSSR count). The highest BCUT2D eigenvalue weighted by Gasteiger charge is 2.39. The lowest BCUT2D eigenvalue weighted by molar-refractivity contribution is -0.137. The van der Waals surface area contributed by atoms with Gasteiger partial charge in [0.1, 0.15) is 0 Å². The number of hydrogen-bond donors (Lipinski definition) is 2.